The molecule has 0 spiro atoms. The van der Waals surface area contributed by atoms with E-state index in [9.17, 15) is 4.79 Å². The van der Waals surface area contributed by atoms with Crippen LogP contribution in [0.5, 0.6) is 0 Å². The van der Waals surface area contributed by atoms with Crippen molar-refractivity contribution >= 4 is 56.1 Å². The lowest BCUT2D eigenvalue weighted by molar-refractivity contribution is -0.116. The van der Waals surface area contributed by atoms with Crippen LogP contribution in [0, 0.1) is 0 Å². The molecule has 0 aliphatic carbocycles. The molecule has 1 N–H and O–H groups in total. The van der Waals surface area contributed by atoms with Crippen molar-refractivity contribution in [2.24, 2.45) is 10.1 Å². The zero-order valence-electron chi connectivity index (χ0n) is 13.0. The maximum atomic E-state index is 12.7. The van der Waals surface area contributed by atoms with E-state index < -0.39 is 6.17 Å². The molecule has 0 radical (unpaired) electrons. The largest absolute Gasteiger partial charge is 0.298 e. The number of nitrogens with one attached hydrogen (secondary N) is 1. The molecule has 2 heterocycles. The van der Waals surface area contributed by atoms with E-state index in [1.165, 1.54) is 11.8 Å². The van der Waals surface area contributed by atoms with E-state index in [-0.39, 0.29) is 5.91 Å². The molecule has 0 saturated carbocycles. The minimum atomic E-state index is -0.422. The number of amidine groups is 1. The molecule has 4 rings (SSSR count). The molecule has 2 aliphatic rings. The fourth-order valence-electron chi connectivity index (χ4n) is 2.80. The second kappa shape index (κ2) is 6.48. The second-order valence-corrected chi connectivity index (χ2v) is 7.62. The van der Waals surface area contributed by atoms with Crippen LogP contribution in [0.2, 0.25) is 5.02 Å². The first kappa shape index (κ1) is 16.6. The standard InChI is InChI=1S/C17H12BrClN4OS/c1-25-17-21-16(24)14-12-8-10(18)4-7-13(12)20-15(23(14)22-17)9-2-5-11(19)6-3-9/h2-8,15H,1H3,(H,21,22,24)/t15-/m1/s1. The first-order valence-electron chi connectivity index (χ1n) is 7.43. The molecule has 8 heteroatoms. The molecule has 2 aliphatic heterocycles. The Morgan fingerprint density at radius 1 is 1.24 bits per heavy atom. The summed E-state index contributed by atoms with van der Waals surface area (Å²) in [5.41, 5.74) is 1.40. The van der Waals surface area contributed by atoms with Crippen molar-refractivity contribution in [3.05, 3.63) is 68.1 Å². The number of hydrogen-bond donors (Lipinski definition) is 1. The maximum Gasteiger partial charge on any atom is 0.276 e. The van der Waals surface area contributed by atoms with Crippen molar-refractivity contribution in [1.29, 1.82) is 0 Å². The van der Waals surface area contributed by atoms with Crippen LogP contribution in [0.3, 0.4) is 0 Å². The van der Waals surface area contributed by atoms with Gasteiger partial charge in [0, 0.05) is 14.7 Å². The summed E-state index contributed by atoms with van der Waals surface area (Å²) in [6, 6.07) is 13.1. The Hall–Kier alpha value is -1.83. The van der Waals surface area contributed by atoms with Gasteiger partial charge in [-0.2, -0.15) is 0 Å². The number of carbonyl (C=O) groups is 1. The summed E-state index contributed by atoms with van der Waals surface area (Å²) in [6.07, 6.45) is 1.45. The Morgan fingerprint density at radius 3 is 2.72 bits per heavy atom. The number of benzene rings is 2. The summed E-state index contributed by atoms with van der Waals surface area (Å²) in [6.45, 7) is 0. The highest BCUT2D eigenvalue weighted by Gasteiger charge is 2.34. The minimum Gasteiger partial charge on any atom is -0.298 e. The van der Waals surface area contributed by atoms with Gasteiger partial charge < -0.3 is 0 Å². The van der Waals surface area contributed by atoms with E-state index >= 15 is 0 Å². The van der Waals surface area contributed by atoms with E-state index in [4.69, 9.17) is 16.6 Å². The van der Waals surface area contributed by atoms with Crippen molar-refractivity contribution in [3.8, 4) is 0 Å². The molecular weight excluding hydrogens is 424 g/mol. The van der Waals surface area contributed by atoms with Crippen LogP contribution in [-0.2, 0) is 4.79 Å². The second-order valence-electron chi connectivity index (χ2n) is 5.47. The Bertz CT molecular complexity index is 1020. The topological polar surface area (TPSA) is 57.1 Å². The molecule has 2 aromatic rings. The Balaban J connectivity index is 1.99. The van der Waals surface area contributed by atoms with Crippen molar-refractivity contribution in [1.82, 2.24) is 10.3 Å². The fraction of sp³-hybridized carbons (Fsp3) is 0.118. The molecule has 0 saturated heterocycles. The van der Waals surface area contributed by atoms with Gasteiger partial charge >= 0.3 is 0 Å². The van der Waals surface area contributed by atoms with Crippen LogP contribution >= 0.6 is 39.3 Å². The van der Waals surface area contributed by atoms with Gasteiger partial charge in [0.05, 0.1) is 5.36 Å². The highest BCUT2D eigenvalue weighted by Crippen LogP contribution is 2.31. The van der Waals surface area contributed by atoms with Crippen molar-refractivity contribution in [2.45, 2.75) is 6.17 Å². The van der Waals surface area contributed by atoms with Gasteiger partial charge in [0.15, 0.2) is 11.3 Å². The summed E-state index contributed by atoms with van der Waals surface area (Å²) in [5.74, 6) is -0.187. The van der Waals surface area contributed by atoms with Gasteiger partial charge in [0.25, 0.3) is 5.91 Å². The van der Waals surface area contributed by atoms with Gasteiger partial charge in [0.2, 0.25) is 0 Å². The minimum absolute atomic E-state index is 0.187. The van der Waals surface area contributed by atoms with E-state index in [0.29, 0.717) is 15.9 Å². The van der Waals surface area contributed by atoms with Gasteiger partial charge in [-0.25, -0.2) is 5.01 Å². The third-order valence-corrected chi connectivity index (χ3v) is 5.25. The summed E-state index contributed by atoms with van der Waals surface area (Å²) in [5, 5.41) is 11.8. The number of fused-ring (bicyclic) bond motifs is 2. The first-order valence-corrected chi connectivity index (χ1v) is 9.83. The SMILES string of the molecule is CSC1=NN2C(=c3cc(Br)ccc3=N[C@H]2c2ccc(Cl)cc2)C(=O)N1. The number of thioether (sulfide) groups is 1. The van der Waals surface area contributed by atoms with Gasteiger partial charge in [-0.1, -0.05) is 51.4 Å². The van der Waals surface area contributed by atoms with Crippen molar-refractivity contribution in [2.75, 3.05) is 6.26 Å². The lowest BCUT2D eigenvalue weighted by Gasteiger charge is -2.33. The number of carbonyl (C=O) groups excluding carboxylic acids is 1. The predicted molar refractivity (Wildman–Crippen MR) is 103 cm³/mol. The summed E-state index contributed by atoms with van der Waals surface area (Å²) in [7, 11) is 0. The van der Waals surface area contributed by atoms with Crippen LogP contribution < -0.4 is 15.9 Å². The molecule has 1 amide bonds. The summed E-state index contributed by atoms with van der Waals surface area (Å²) in [4.78, 5) is 17.6. The molecule has 0 unspecified atom stereocenters. The molecular formula is C17H12BrClN4OS. The maximum absolute atomic E-state index is 12.7. The smallest absolute Gasteiger partial charge is 0.276 e. The lowest BCUT2D eigenvalue weighted by Crippen LogP contribution is -2.50. The van der Waals surface area contributed by atoms with Gasteiger partial charge in [-0.15, -0.1) is 5.10 Å². The van der Waals surface area contributed by atoms with E-state index in [2.05, 4.69) is 26.3 Å². The van der Waals surface area contributed by atoms with Gasteiger partial charge in [-0.05, 0) is 42.2 Å². The van der Waals surface area contributed by atoms with Crippen molar-refractivity contribution < 1.29 is 4.79 Å². The number of hydrogen-bond acceptors (Lipinski definition) is 5. The van der Waals surface area contributed by atoms with Crippen LogP contribution in [-0.4, -0.2) is 22.3 Å². The Kier molecular flexibility index (Phi) is 4.31. The van der Waals surface area contributed by atoms with Crippen LogP contribution in [0.1, 0.15) is 11.7 Å². The van der Waals surface area contributed by atoms with Crippen LogP contribution in [0.4, 0.5) is 0 Å². The van der Waals surface area contributed by atoms with Crippen LogP contribution in [0.15, 0.2) is 57.0 Å². The number of amides is 1. The number of nitrogens with zero attached hydrogens (tertiary/aromatic N) is 3. The lowest BCUT2D eigenvalue weighted by atomic mass is 10.1. The molecule has 1 atom stereocenters. The third kappa shape index (κ3) is 2.96. The molecule has 0 bridgehead atoms. The fourth-order valence-corrected chi connectivity index (χ4v) is 3.65. The van der Waals surface area contributed by atoms with E-state index in [1.54, 1.807) is 5.01 Å². The average molecular weight is 436 g/mol. The van der Waals surface area contributed by atoms with E-state index in [0.717, 1.165) is 20.6 Å². The normalized spacial score (nSPS) is 18.8. The molecule has 25 heavy (non-hydrogen) atoms. The van der Waals surface area contributed by atoms with Crippen LogP contribution in [0.25, 0.3) is 5.70 Å². The summed E-state index contributed by atoms with van der Waals surface area (Å²) >= 11 is 10.8. The Labute approximate surface area is 161 Å². The number of rotatable bonds is 1. The molecule has 0 fully saturated rings. The molecule has 0 aromatic heterocycles. The highest BCUT2D eigenvalue weighted by atomic mass is 79.9. The predicted octanol–water partition coefficient (Wildman–Crippen LogP) is 2.61. The average Bonchev–Trinajstić information content (AvgIpc) is 2.61. The molecule has 5 nitrogen and oxygen atoms in total. The zero-order chi connectivity index (χ0) is 17.6. The zero-order valence-corrected chi connectivity index (χ0v) is 16.2. The Morgan fingerprint density at radius 2 is 2.00 bits per heavy atom. The molecule has 126 valence electrons. The van der Waals surface area contributed by atoms with Gasteiger partial charge in [0.1, 0.15) is 5.70 Å². The summed E-state index contributed by atoms with van der Waals surface area (Å²) < 4.78 is 0.881. The van der Waals surface area contributed by atoms with Gasteiger partial charge in [-0.3, -0.25) is 15.1 Å². The number of halogens is 2. The first-order chi connectivity index (χ1) is 12.1. The highest BCUT2D eigenvalue weighted by molar-refractivity contribution is 9.10. The van der Waals surface area contributed by atoms with E-state index in [1.807, 2.05) is 48.7 Å². The third-order valence-electron chi connectivity index (χ3n) is 3.93. The van der Waals surface area contributed by atoms with Crippen molar-refractivity contribution in [3.63, 3.8) is 0 Å². The number of hydrazone groups is 1. The molecule has 2 aromatic carbocycles. The quantitative estimate of drug-likeness (QED) is 0.749. The monoisotopic (exact) mass is 434 g/mol.